The van der Waals surface area contributed by atoms with Gasteiger partial charge in [-0.15, -0.1) is 5.10 Å². The Morgan fingerprint density at radius 1 is 1.39 bits per heavy atom. The molecule has 0 amide bonds. The molecule has 0 saturated carbocycles. The number of hydrogen-bond acceptors (Lipinski definition) is 4. The van der Waals surface area contributed by atoms with Crippen LogP contribution in [0.15, 0.2) is 18.2 Å². The zero-order valence-corrected chi connectivity index (χ0v) is 11.2. The van der Waals surface area contributed by atoms with Crippen LogP contribution in [-0.2, 0) is 0 Å². The Hall–Kier alpha value is -1.62. The Balaban J connectivity index is 2.42. The third-order valence-electron chi connectivity index (χ3n) is 2.69. The standard InChI is InChI=1S/C13H13FN2OS/c1-7(2)11-13(18-16-15-11)12(17)9-4-5-10(14)8(3)6-9/h4-7H,1-3H3. The molecule has 18 heavy (non-hydrogen) atoms. The highest BCUT2D eigenvalue weighted by atomic mass is 32.1. The minimum Gasteiger partial charge on any atom is -0.288 e. The first kappa shape index (κ1) is 12.8. The highest BCUT2D eigenvalue weighted by Crippen LogP contribution is 2.23. The van der Waals surface area contributed by atoms with Crippen LogP contribution in [0.5, 0.6) is 0 Å². The monoisotopic (exact) mass is 264 g/mol. The second-order valence-electron chi connectivity index (χ2n) is 4.44. The summed E-state index contributed by atoms with van der Waals surface area (Å²) in [6.45, 7) is 5.56. The minimum atomic E-state index is -0.307. The van der Waals surface area contributed by atoms with Gasteiger partial charge < -0.3 is 0 Å². The third-order valence-corrected chi connectivity index (χ3v) is 3.43. The van der Waals surface area contributed by atoms with E-state index < -0.39 is 0 Å². The SMILES string of the molecule is Cc1cc(C(=O)c2snnc2C(C)C)ccc1F. The van der Waals surface area contributed by atoms with Gasteiger partial charge in [-0.25, -0.2) is 4.39 Å². The van der Waals surface area contributed by atoms with E-state index in [-0.39, 0.29) is 17.5 Å². The molecule has 5 heteroatoms. The molecule has 3 nitrogen and oxygen atoms in total. The van der Waals surface area contributed by atoms with Gasteiger partial charge in [0.15, 0.2) is 0 Å². The average Bonchev–Trinajstić information content (AvgIpc) is 2.81. The first-order valence-electron chi connectivity index (χ1n) is 5.63. The normalized spacial score (nSPS) is 10.9. The first-order valence-corrected chi connectivity index (χ1v) is 6.41. The van der Waals surface area contributed by atoms with Gasteiger partial charge in [0.1, 0.15) is 10.7 Å². The van der Waals surface area contributed by atoms with Gasteiger partial charge >= 0.3 is 0 Å². The van der Waals surface area contributed by atoms with Gasteiger partial charge in [0.25, 0.3) is 0 Å². The van der Waals surface area contributed by atoms with E-state index >= 15 is 0 Å². The molecule has 0 bridgehead atoms. The van der Waals surface area contributed by atoms with Gasteiger partial charge in [-0.3, -0.25) is 4.79 Å². The molecule has 2 aromatic rings. The van der Waals surface area contributed by atoms with Gasteiger partial charge in [-0.2, -0.15) is 0 Å². The summed E-state index contributed by atoms with van der Waals surface area (Å²) >= 11 is 1.09. The maximum atomic E-state index is 13.2. The van der Waals surface area contributed by atoms with Crippen molar-refractivity contribution in [2.75, 3.05) is 0 Å². The summed E-state index contributed by atoms with van der Waals surface area (Å²) in [5, 5.41) is 3.98. The molecule has 2 rings (SSSR count). The van der Waals surface area contributed by atoms with Crippen molar-refractivity contribution in [1.29, 1.82) is 0 Å². The molecule has 1 aromatic carbocycles. The van der Waals surface area contributed by atoms with Crippen LogP contribution < -0.4 is 0 Å². The van der Waals surface area contributed by atoms with E-state index in [1.54, 1.807) is 13.0 Å². The predicted molar refractivity (Wildman–Crippen MR) is 68.6 cm³/mol. The number of carbonyl (C=O) groups is 1. The molecule has 0 N–H and O–H groups in total. The fourth-order valence-corrected chi connectivity index (χ4v) is 2.43. The fourth-order valence-electron chi connectivity index (χ4n) is 1.65. The number of hydrogen-bond donors (Lipinski definition) is 0. The lowest BCUT2D eigenvalue weighted by atomic mass is 10.0. The number of halogens is 1. The smallest absolute Gasteiger partial charge is 0.206 e. The third kappa shape index (κ3) is 2.31. The van der Waals surface area contributed by atoms with Gasteiger partial charge in [0, 0.05) is 5.56 Å². The topological polar surface area (TPSA) is 42.9 Å². The van der Waals surface area contributed by atoms with Crippen LogP contribution in [0.1, 0.15) is 46.3 Å². The molecule has 0 unspecified atom stereocenters. The summed E-state index contributed by atoms with van der Waals surface area (Å²) < 4.78 is 17.0. The summed E-state index contributed by atoms with van der Waals surface area (Å²) in [7, 11) is 0. The molecule has 0 atom stereocenters. The van der Waals surface area contributed by atoms with E-state index in [1.165, 1.54) is 12.1 Å². The van der Waals surface area contributed by atoms with Crippen molar-refractivity contribution < 1.29 is 9.18 Å². The van der Waals surface area contributed by atoms with Crippen molar-refractivity contribution in [3.05, 3.63) is 45.7 Å². The van der Waals surface area contributed by atoms with E-state index in [2.05, 4.69) is 9.59 Å². The average molecular weight is 264 g/mol. The van der Waals surface area contributed by atoms with Crippen molar-refractivity contribution in [3.63, 3.8) is 0 Å². The highest BCUT2D eigenvalue weighted by Gasteiger charge is 2.20. The van der Waals surface area contributed by atoms with Crippen molar-refractivity contribution >= 4 is 17.3 Å². The van der Waals surface area contributed by atoms with Crippen molar-refractivity contribution in [2.45, 2.75) is 26.7 Å². The molecule has 0 aliphatic carbocycles. The van der Waals surface area contributed by atoms with Crippen LogP contribution in [0.2, 0.25) is 0 Å². The molecular formula is C13H13FN2OS. The van der Waals surface area contributed by atoms with Crippen molar-refractivity contribution in [1.82, 2.24) is 9.59 Å². The number of nitrogens with zero attached hydrogens (tertiary/aromatic N) is 2. The molecule has 1 aromatic heterocycles. The number of carbonyl (C=O) groups excluding carboxylic acids is 1. The van der Waals surface area contributed by atoms with E-state index in [1.807, 2.05) is 13.8 Å². The van der Waals surface area contributed by atoms with Gasteiger partial charge in [-0.05, 0) is 48.1 Å². The molecule has 0 aliphatic rings. The Morgan fingerprint density at radius 2 is 2.11 bits per heavy atom. The summed E-state index contributed by atoms with van der Waals surface area (Å²) in [6.07, 6.45) is 0. The van der Waals surface area contributed by atoms with E-state index in [0.29, 0.717) is 21.7 Å². The Bertz CT molecular complexity index is 592. The Kier molecular flexibility index (Phi) is 3.52. The number of aryl methyl sites for hydroxylation is 1. The van der Waals surface area contributed by atoms with Gasteiger partial charge in [-0.1, -0.05) is 18.3 Å². The first-order chi connectivity index (χ1) is 8.50. The molecule has 0 aliphatic heterocycles. The summed E-state index contributed by atoms with van der Waals surface area (Å²) in [6, 6.07) is 4.36. The van der Waals surface area contributed by atoms with Crippen LogP contribution >= 0.6 is 11.5 Å². The number of ketones is 1. The van der Waals surface area contributed by atoms with Crippen LogP contribution in [0.25, 0.3) is 0 Å². The van der Waals surface area contributed by atoms with E-state index in [9.17, 15) is 9.18 Å². The molecule has 0 saturated heterocycles. The van der Waals surface area contributed by atoms with Gasteiger partial charge in [0.2, 0.25) is 5.78 Å². The van der Waals surface area contributed by atoms with E-state index in [4.69, 9.17) is 0 Å². The maximum absolute atomic E-state index is 13.2. The summed E-state index contributed by atoms with van der Waals surface area (Å²) in [5.74, 6) is -0.306. The fraction of sp³-hybridized carbons (Fsp3) is 0.308. The molecule has 94 valence electrons. The second kappa shape index (κ2) is 4.94. The molecule has 0 radical (unpaired) electrons. The number of rotatable bonds is 3. The zero-order chi connectivity index (χ0) is 13.3. The number of aromatic nitrogens is 2. The second-order valence-corrected chi connectivity index (χ2v) is 5.19. The Labute approximate surface area is 109 Å². The van der Waals surface area contributed by atoms with Crippen LogP contribution in [0.4, 0.5) is 4.39 Å². The lowest BCUT2D eigenvalue weighted by molar-refractivity contribution is 0.104. The molecule has 1 heterocycles. The quantitative estimate of drug-likeness (QED) is 0.798. The highest BCUT2D eigenvalue weighted by molar-refractivity contribution is 7.08. The maximum Gasteiger partial charge on any atom is 0.206 e. The molecular weight excluding hydrogens is 251 g/mol. The lowest BCUT2D eigenvalue weighted by Gasteiger charge is -2.04. The van der Waals surface area contributed by atoms with Gasteiger partial charge in [0.05, 0.1) is 5.69 Å². The minimum absolute atomic E-state index is 0.142. The van der Waals surface area contributed by atoms with Crippen LogP contribution in [-0.4, -0.2) is 15.4 Å². The lowest BCUT2D eigenvalue weighted by Crippen LogP contribution is -2.04. The number of benzene rings is 1. The van der Waals surface area contributed by atoms with Crippen molar-refractivity contribution in [3.8, 4) is 0 Å². The Morgan fingerprint density at radius 3 is 2.72 bits per heavy atom. The zero-order valence-electron chi connectivity index (χ0n) is 10.4. The van der Waals surface area contributed by atoms with E-state index in [0.717, 1.165) is 11.5 Å². The predicted octanol–water partition coefficient (Wildman–Crippen LogP) is 3.34. The molecule has 0 spiro atoms. The van der Waals surface area contributed by atoms with Crippen molar-refractivity contribution in [2.24, 2.45) is 0 Å². The largest absolute Gasteiger partial charge is 0.288 e. The molecule has 0 fully saturated rings. The summed E-state index contributed by atoms with van der Waals surface area (Å²) in [5.41, 5.74) is 1.64. The summed E-state index contributed by atoms with van der Waals surface area (Å²) in [4.78, 5) is 12.8. The van der Waals surface area contributed by atoms with Crippen LogP contribution in [0, 0.1) is 12.7 Å². The van der Waals surface area contributed by atoms with Crippen LogP contribution in [0.3, 0.4) is 0 Å².